The maximum absolute atomic E-state index is 12.8. The molecule has 0 saturated carbocycles. The number of carboxylic acids is 2. The number of nitrogens with zero attached hydrogens (tertiary/aromatic N) is 2. The number of nitro benzene ring substituents is 1. The van der Waals surface area contributed by atoms with E-state index in [9.17, 15) is 29.6 Å². The lowest BCUT2D eigenvalue weighted by molar-refractivity contribution is -0.384. The molecule has 1 unspecified atom stereocenters. The number of hydrogen-bond acceptors (Lipinski definition) is 6. The molecule has 0 fully saturated rings. The summed E-state index contributed by atoms with van der Waals surface area (Å²) in [5.41, 5.74) is -2.53. The quantitative estimate of drug-likeness (QED) is 0.528. The summed E-state index contributed by atoms with van der Waals surface area (Å²) in [5, 5.41) is 30.2. The zero-order valence-corrected chi connectivity index (χ0v) is 15.0. The fourth-order valence-electron chi connectivity index (χ4n) is 3.26. The molecule has 0 bridgehead atoms. The Morgan fingerprint density at radius 1 is 1.35 bits per heavy atom. The van der Waals surface area contributed by atoms with Crippen LogP contribution in [0.2, 0.25) is 0 Å². The van der Waals surface area contributed by atoms with Crippen molar-refractivity contribution >= 4 is 39.2 Å². The Labute approximate surface area is 151 Å². The zero-order valence-electron chi connectivity index (χ0n) is 14.2. The van der Waals surface area contributed by atoms with Crippen LogP contribution >= 0.6 is 11.5 Å². The van der Waals surface area contributed by atoms with Crippen molar-refractivity contribution in [3.63, 3.8) is 0 Å². The monoisotopic (exact) mass is 382 g/mol. The van der Waals surface area contributed by atoms with E-state index in [1.165, 1.54) is 18.2 Å². The summed E-state index contributed by atoms with van der Waals surface area (Å²) in [7, 11) is 0. The molecule has 1 aromatic heterocycles. The molecule has 0 spiro atoms. The highest BCUT2D eigenvalue weighted by Crippen LogP contribution is 2.38. The topological polar surface area (TPSA) is 140 Å². The second-order valence-electron chi connectivity index (χ2n) is 5.91. The molecule has 0 aliphatic heterocycles. The molecule has 0 aliphatic rings. The van der Waals surface area contributed by atoms with Crippen LogP contribution < -0.4 is 5.56 Å². The number of fused-ring (bicyclic) bond motifs is 1. The van der Waals surface area contributed by atoms with Crippen LogP contribution in [0.4, 0.5) is 5.69 Å². The molecule has 0 saturated heterocycles. The van der Waals surface area contributed by atoms with Crippen LogP contribution in [0.15, 0.2) is 23.0 Å². The summed E-state index contributed by atoms with van der Waals surface area (Å²) in [6, 6.07) is 3.70. The Hall–Kier alpha value is -2.75. The number of carbonyl (C=O) groups is 2. The zero-order chi connectivity index (χ0) is 19.6. The average Bonchev–Trinajstić information content (AvgIpc) is 2.91. The van der Waals surface area contributed by atoms with Gasteiger partial charge in [-0.2, -0.15) is 0 Å². The molecule has 2 N–H and O–H groups in total. The van der Waals surface area contributed by atoms with Crippen LogP contribution in [0.25, 0.3) is 10.1 Å². The molecule has 2 atom stereocenters. The third kappa shape index (κ3) is 3.07. The first-order valence-electron chi connectivity index (χ1n) is 7.95. The molecule has 140 valence electrons. The van der Waals surface area contributed by atoms with Gasteiger partial charge in [-0.15, -0.1) is 0 Å². The first kappa shape index (κ1) is 19.6. The summed E-state index contributed by atoms with van der Waals surface area (Å²) in [6.07, 6.45) is -0.159. The highest BCUT2D eigenvalue weighted by Gasteiger charge is 2.48. The largest absolute Gasteiger partial charge is 0.481 e. The summed E-state index contributed by atoms with van der Waals surface area (Å²) in [5.74, 6) is -3.26. The van der Waals surface area contributed by atoms with E-state index in [1.807, 2.05) is 0 Å². The maximum Gasteiger partial charge on any atom is 0.331 e. The molecule has 2 rings (SSSR count). The Bertz CT molecular complexity index is 932. The van der Waals surface area contributed by atoms with Gasteiger partial charge in [0.25, 0.3) is 11.2 Å². The fourth-order valence-corrected chi connectivity index (χ4v) is 4.59. The van der Waals surface area contributed by atoms with Crippen LogP contribution in [0.3, 0.4) is 0 Å². The second-order valence-corrected chi connectivity index (χ2v) is 6.90. The molecule has 26 heavy (non-hydrogen) atoms. The maximum atomic E-state index is 12.8. The van der Waals surface area contributed by atoms with Gasteiger partial charge in [0.05, 0.1) is 21.4 Å². The van der Waals surface area contributed by atoms with Gasteiger partial charge in [0.1, 0.15) is 0 Å². The lowest BCUT2D eigenvalue weighted by Crippen LogP contribution is -2.51. The number of nitro groups is 1. The van der Waals surface area contributed by atoms with E-state index in [2.05, 4.69) is 0 Å². The number of aliphatic carboxylic acids is 2. The Kier molecular flexibility index (Phi) is 5.45. The SMILES string of the molecule is CCC(CC(=O)O)[C@](CC)(C(=O)O)n1sc2cc([N+](=O)[O-])ccc2c1=O. The van der Waals surface area contributed by atoms with Crippen molar-refractivity contribution in [3.05, 3.63) is 38.7 Å². The van der Waals surface area contributed by atoms with Crippen molar-refractivity contribution in [2.45, 2.75) is 38.6 Å². The summed E-state index contributed by atoms with van der Waals surface area (Å²) in [6.45, 7) is 3.25. The molecule has 0 radical (unpaired) electrons. The number of rotatable bonds is 8. The van der Waals surface area contributed by atoms with E-state index in [4.69, 9.17) is 5.11 Å². The van der Waals surface area contributed by atoms with E-state index in [0.717, 1.165) is 15.5 Å². The van der Waals surface area contributed by atoms with Crippen LogP contribution in [-0.4, -0.2) is 31.0 Å². The van der Waals surface area contributed by atoms with Gasteiger partial charge in [-0.3, -0.25) is 19.7 Å². The van der Waals surface area contributed by atoms with Gasteiger partial charge in [-0.25, -0.2) is 8.75 Å². The highest BCUT2D eigenvalue weighted by atomic mass is 32.1. The average molecular weight is 382 g/mol. The summed E-state index contributed by atoms with van der Waals surface area (Å²) < 4.78 is 1.36. The van der Waals surface area contributed by atoms with Crippen LogP contribution in [0.1, 0.15) is 33.1 Å². The summed E-state index contributed by atoms with van der Waals surface area (Å²) in [4.78, 5) is 46.6. The molecule has 1 aromatic carbocycles. The molecule has 10 heteroatoms. The fraction of sp³-hybridized carbons (Fsp3) is 0.438. The van der Waals surface area contributed by atoms with Crippen molar-refractivity contribution in [3.8, 4) is 0 Å². The molecule has 1 heterocycles. The molecule has 0 amide bonds. The summed E-state index contributed by atoms with van der Waals surface area (Å²) >= 11 is 0.812. The molecule has 2 aromatic rings. The van der Waals surface area contributed by atoms with Gasteiger partial charge in [0, 0.05) is 18.1 Å². The van der Waals surface area contributed by atoms with Gasteiger partial charge in [-0.05, 0) is 18.9 Å². The minimum Gasteiger partial charge on any atom is -0.481 e. The molecular formula is C16H18N2O7S. The minimum atomic E-state index is -1.73. The van der Waals surface area contributed by atoms with Gasteiger partial charge < -0.3 is 10.2 Å². The van der Waals surface area contributed by atoms with Crippen molar-refractivity contribution in [1.82, 2.24) is 3.96 Å². The van der Waals surface area contributed by atoms with Crippen molar-refractivity contribution in [2.24, 2.45) is 5.92 Å². The van der Waals surface area contributed by atoms with Gasteiger partial charge in [-0.1, -0.05) is 25.4 Å². The smallest absolute Gasteiger partial charge is 0.331 e. The Morgan fingerprint density at radius 2 is 2.00 bits per heavy atom. The van der Waals surface area contributed by atoms with E-state index < -0.39 is 40.3 Å². The van der Waals surface area contributed by atoms with Gasteiger partial charge in [0.15, 0.2) is 5.54 Å². The predicted octanol–water partition coefficient (Wildman–Crippen LogP) is 2.66. The van der Waals surface area contributed by atoms with Crippen molar-refractivity contribution in [1.29, 1.82) is 0 Å². The number of benzene rings is 1. The van der Waals surface area contributed by atoms with E-state index in [1.54, 1.807) is 13.8 Å². The van der Waals surface area contributed by atoms with Crippen LogP contribution in [0, 0.1) is 16.0 Å². The third-order valence-electron chi connectivity index (χ3n) is 4.64. The Balaban J connectivity index is 2.78. The van der Waals surface area contributed by atoms with E-state index in [-0.39, 0.29) is 28.6 Å². The number of carboxylic acid groups (broad SMARTS) is 2. The standard InChI is InChI=1S/C16H18N2O7S/c1-3-9(7-13(19)20)16(4-2,15(22)23)17-14(21)11-6-5-10(18(24)25)8-12(11)26-17/h5-6,8-9H,3-4,7H2,1-2H3,(H,19,20)(H,22,23)/t9?,16-/m1/s1. The van der Waals surface area contributed by atoms with Crippen LogP contribution in [0.5, 0.6) is 0 Å². The van der Waals surface area contributed by atoms with E-state index in [0.29, 0.717) is 0 Å². The number of hydrogen-bond donors (Lipinski definition) is 2. The first-order valence-corrected chi connectivity index (χ1v) is 8.72. The second kappa shape index (κ2) is 7.24. The third-order valence-corrected chi connectivity index (χ3v) is 5.85. The van der Waals surface area contributed by atoms with E-state index >= 15 is 0 Å². The lowest BCUT2D eigenvalue weighted by atomic mass is 9.78. The number of non-ortho nitro benzene ring substituents is 1. The molecular weight excluding hydrogens is 364 g/mol. The normalized spacial score (nSPS) is 14.7. The van der Waals surface area contributed by atoms with Crippen molar-refractivity contribution < 1.29 is 24.7 Å². The first-order chi connectivity index (χ1) is 12.2. The minimum absolute atomic E-state index is 0.00292. The molecule has 9 nitrogen and oxygen atoms in total. The van der Waals surface area contributed by atoms with Gasteiger partial charge in [0.2, 0.25) is 0 Å². The molecule has 0 aliphatic carbocycles. The van der Waals surface area contributed by atoms with Crippen LogP contribution in [-0.2, 0) is 15.1 Å². The lowest BCUT2D eigenvalue weighted by Gasteiger charge is -2.35. The highest BCUT2D eigenvalue weighted by molar-refractivity contribution is 7.14. The Morgan fingerprint density at radius 3 is 2.46 bits per heavy atom. The predicted molar refractivity (Wildman–Crippen MR) is 94.7 cm³/mol. The van der Waals surface area contributed by atoms with Crippen molar-refractivity contribution in [2.75, 3.05) is 0 Å². The number of aromatic nitrogens is 1. The van der Waals surface area contributed by atoms with Gasteiger partial charge >= 0.3 is 11.9 Å².